The fraction of sp³-hybridized carbons (Fsp3) is 0.643. The molecule has 1 amide bonds. The molecule has 1 aliphatic heterocycles. The van der Waals surface area contributed by atoms with Crippen molar-refractivity contribution in [2.24, 2.45) is 0 Å². The molecule has 1 saturated heterocycles. The fourth-order valence-electron chi connectivity index (χ4n) is 2.38. The quantitative estimate of drug-likeness (QED) is 0.815. The van der Waals surface area contributed by atoms with Crippen molar-refractivity contribution in [2.45, 2.75) is 37.7 Å². The van der Waals surface area contributed by atoms with Crippen LogP contribution in [-0.4, -0.2) is 51.0 Å². The van der Waals surface area contributed by atoms with E-state index in [9.17, 15) is 13.2 Å². The van der Waals surface area contributed by atoms with E-state index in [1.807, 2.05) is 0 Å². The van der Waals surface area contributed by atoms with Gasteiger partial charge in [-0.25, -0.2) is 8.42 Å². The van der Waals surface area contributed by atoms with Gasteiger partial charge in [-0.2, -0.15) is 4.31 Å². The largest absolute Gasteiger partial charge is 0.376 e. The van der Waals surface area contributed by atoms with Gasteiger partial charge >= 0.3 is 0 Å². The third-order valence-electron chi connectivity index (χ3n) is 3.66. The summed E-state index contributed by atoms with van der Waals surface area (Å²) in [5.41, 5.74) is 0. The summed E-state index contributed by atoms with van der Waals surface area (Å²) in [6, 6.07) is 1.45. The van der Waals surface area contributed by atoms with Gasteiger partial charge in [0, 0.05) is 31.6 Å². The molecule has 1 fully saturated rings. The first-order valence-corrected chi connectivity index (χ1v) is 9.79. The van der Waals surface area contributed by atoms with E-state index in [1.54, 1.807) is 13.8 Å². The number of hydrogen-bond donors (Lipinski definition) is 1. The first-order valence-electron chi connectivity index (χ1n) is 7.47. The molecule has 0 aliphatic carbocycles. The Hall–Kier alpha value is -0.960. The summed E-state index contributed by atoms with van der Waals surface area (Å²) in [6.07, 6.45) is 2.04. The Bertz CT molecular complexity index is 602. The molecular weight excluding hydrogens is 324 g/mol. The summed E-state index contributed by atoms with van der Waals surface area (Å²) in [6.45, 7) is 5.62. The lowest BCUT2D eigenvalue weighted by molar-refractivity contribution is 0.0861. The van der Waals surface area contributed by atoms with Gasteiger partial charge in [-0.15, -0.1) is 11.3 Å². The first-order chi connectivity index (χ1) is 10.5. The first kappa shape index (κ1) is 17.4. The SMILES string of the molecule is CCN(CC)S(=O)(=O)c1csc(C(=O)NCC2CCCO2)c1. The van der Waals surface area contributed by atoms with Gasteiger partial charge in [0.05, 0.1) is 15.9 Å². The maximum atomic E-state index is 12.4. The maximum Gasteiger partial charge on any atom is 0.261 e. The van der Waals surface area contributed by atoms with Gasteiger partial charge in [-0.1, -0.05) is 13.8 Å². The Kier molecular flexibility index (Phi) is 5.96. The van der Waals surface area contributed by atoms with Gasteiger partial charge in [-0.05, 0) is 18.9 Å². The van der Waals surface area contributed by atoms with Crippen molar-refractivity contribution in [3.8, 4) is 0 Å². The van der Waals surface area contributed by atoms with E-state index in [4.69, 9.17) is 4.74 Å². The van der Waals surface area contributed by atoms with Crippen molar-refractivity contribution in [1.82, 2.24) is 9.62 Å². The smallest absolute Gasteiger partial charge is 0.261 e. The summed E-state index contributed by atoms with van der Waals surface area (Å²) < 4.78 is 31.6. The van der Waals surface area contributed by atoms with Gasteiger partial charge in [-0.3, -0.25) is 4.79 Å². The van der Waals surface area contributed by atoms with Crippen LogP contribution in [0.25, 0.3) is 0 Å². The van der Waals surface area contributed by atoms with Crippen molar-refractivity contribution in [3.63, 3.8) is 0 Å². The van der Waals surface area contributed by atoms with Crippen LogP contribution in [0.2, 0.25) is 0 Å². The highest BCUT2D eigenvalue weighted by Crippen LogP contribution is 2.22. The third-order valence-corrected chi connectivity index (χ3v) is 6.76. The molecule has 0 saturated carbocycles. The lowest BCUT2D eigenvalue weighted by Gasteiger charge is -2.17. The Labute approximate surface area is 135 Å². The predicted molar refractivity (Wildman–Crippen MR) is 85.7 cm³/mol. The highest BCUT2D eigenvalue weighted by Gasteiger charge is 2.24. The number of rotatable bonds is 7. The number of nitrogens with one attached hydrogen (secondary N) is 1. The van der Waals surface area contributed by atoms with E-state index in [0.29, 0.717) is 24.5 Å². The van der Waals surface area contributed by atoms with E-state index in [0.717, 1.165) is 30.8 Å². The number of thiophene rings is 1. The summed E-state index contributed by atoms with van der Waals surface area (Å²) >= 11 is 1.15. The lowest BCUT2D eigenvalue weighted by atomic mass is 10.2. The van der Waals surface area contributed by atoms with Crippen LogP contribution in [0.4, 0.5) is 0 Å². The number of carbonyl (C=O) groups excluding carboxylic acids is 1. The summed E-state index contributed by atoms with van der Waals surface area (Å²) in [5, 5.41) is 4.32. The van der Waals surface area contributed by atoms with Gasteiger partial charge in [0.1, 0.15) is 0 Å². The second-order valence-electron chi connectivity index (χ2n) is 5.08. The highest BCUT2D eigenvalue weighted by atomic mass is 32.2. The predicted octanol–water partition coefficient (Wildman–Crippen LogP) is 1.69. The van der Waals surface area contributed by atoms with E-state index in [2.05, 4.69) is 5.32 Å². The molecule has 0 spiro atoms. The van der Waals surface area contributed by atoms with Crippen LogP contribution in [0.5, 0.6) is 0 Å². The Morgan fingerprint density at radius 1 is 1.45 bits per heavy atom. The molecule has 124 valence electrons. The summed E-state index contributed by atoms with van der Waals surface area (Å²) in [5.74, 6) is -0.249. The topological polar surface area (TPSA) is 75.7 Å². The van der Waals surface area contributed by atoms with E-state index in [-0.39, 0.29) is 16.9 Å². The number of carbonyl (C=O) groups is 1. The average Bonchev–Trinajstić information content (AvgIpc) is 3.17. The minimum absolute atomic E-state index is 0.0720. The van der Waals surface area contributed by atoms with Crippen LogP contribution in [-0.2, 0) is 14.8 Å². The van der Waals surface area contributed by atoms with Crippen LogP contribution in [0.3, 0.4) is 0 Å². The normalized spacial score (nSPS) is 18.8. The molecule has 0 bridgehead atoms. The number of nitrogens with zero attached hydrogens (tertiary/aromatic N) is 1. The number of amides is 1. The van der Waals surface area contributed by atoms with Crippen LogP contribution in [0.15, 0.2) is 16.3 Å². The molecule has 1 N–H and O–H groups in total. The van der Waals surface area contributed by atoms with E-state index in [1.165, 1.54) is 15.8 Å². The maximum absolute atomic E-state index is 12.4. The van der Waals surface area contributed by atoms with Crippen molar-refractivity contribution in [1.29, 1.82) is 0 Å². The zero-order valence-corrected chi connectivity index (χ0v) is 14.5. The molecule has 0 radical (unpaired) electrons. The minimum Gasteiger partial charge on any atom is -0.376 e. The van der Waals surface area contributed by atoms with Crippen molar-refractivity contribution in [2.75, 3.05) is 26.2 Å². The number of ether oxygens (including phenoxy) is 1. The molecule has 1 aromatic rings. The van der Waals surface area contributed by atoms with Crippen molar-refractivity contribution >= 4 is 27.3 Å². The second-order valence-corrected chi connectivity index (χ2v) is 7.93. The average molecular weight is 346 g/mol. The molecule has 8 heteroatoms. The molecule has 22 heavy (non-hydrogen) atoms. The van der Waals surface area contributed by atoms with Crippen LogP contribution in [0.1, 0.15) is 36.4 Å². The highest BCUT2D eigenvalue weighted by molar-refractivity contribution is 7.89. The zero-order valence-electron chi connectivity index (χ0n) is 12.9. The minimum atomic E-state index is -3.51. The van der Waals surface area contributed by atoms with Crippen molar-refractivity contribution < 1.29 is 17.9 Å². The fourth-order valence-corrected chi connectivity index (χ4v) is 5.02. The zero-order chi connectivity index (χ0) is 16.2. The number of sulfonamides is 1. The van der Waals surface area contributed by atoms with Gasteiger partial charge in [0.15, 0.2) is 0 Å². The van der Waals surface area contributed by atoms with Crippen LogP contribution in [0, 0.1) is 0 Å². The monoisotopic (exact) mass is 346 g/mol. The summed E-state index contributed by atoms with van der Waals surface area (Å²) in [7, 11) is -3.51. The molecule has 0 aromatic carbocycles. The van der Waals surface area contributed by atoms with E-state index >= 15 is 0 Å². The van der Waals surface area contributed by atoms with Gasteiger partial charge < -0.3 is 10.1 Å². The van der Waals surface area contributed by atoms with Crippen LogP contribution >= 0.6 is 11.3 Å². The molecule has 1 aliphatic rings. The Balaban J connectivity index is 2.02. The van der Waals surface area contributed by atoms with Gasteiger partial charge in [0.2, 0.25) is 10.0 Å². The van der Waals surface area contributed by atoms with E-state index < -0.39 is 10.0 Å². The molecule has 2 rings (SSSR count). The number of hydrogen-bond acceptors (Lipinski definition) is 5. The second kappa shape index (κ2) is 7.54. The van der Waals surface area contributed by atoms with Crippen molar-refractivity contribution in [3.05, 3.63) is 16.3 Å². The Morgan fingerprint density at radius 3 is 2.77 bits per heavy atom. The molecule has 6 nitrogen and oxygen atoms in total. The van der Waals surface area contributed by atoms with Gasteiger partial charge in [0.25, 0.3) is 5.91 Å². The molecule has 1 aromatic heterocycles. The third kappa shape index (κ3) is 3.87. The summed E-state index contributed by atoms with van der Waals surface area (Å²) in [4.78, 5) is 12.7. The molecule has 1 unspecified atom stereocenters. The molecular formula is C14H22N2O4S2. The van der Waals surface area contributed by atoms with Crippen LogP contribution < -0.4 is 5.32 Å². The molecule has 2 heterocycles. The Morgan fingerprint density at radius 2 is 2.18 bits per heavy atom. The lowest BCUT2D eigenvalue weighted by Crippen LogP contribution is -2.31. The standard InChI is InChI=1S/C14H22N2O4S2/c1-3-16(4-2)22(18,19)12-8-13(21-10-12)14(17)15-9-11-6-5-7-20-11/h8,10-11H,3-7,9H2,1-2H3,(H,15,17). The molecule has 1 atom stereocenters.